The van der Waals surface area contributed by atoms with E-state index >= 15 is 0 Å². The Morgan fingerprint density at radius 3 is 1.50 bits per heavy atom. The molecule has 0 heterocycles. The van der Waals surface area contributed by atoms with E-state index in [1.165, 1.54) is 25.7 Å². The Balaban J connectivity index is 0. The van der Waals surface area contributed by atoms with Crippen molar-refractivity contribution in [1.82, 2.24) is 0 Å². The molecular weight excluding hydrogens is 327 g/mol. The molecule has 0 amide bonds. The molecule has 0 saturated carbocycles. The molecular formula is C16H33KO4S. The van der Waals surface area contributed by atoms with Crippen LogP contribution in [0.25, 0.3) is 0 Å². The molecule has 1 atom stereocenters. The van der Waals surface area contributed by atoms with Crippen molar-refractivity contribution in [2.24, 2.45) is 0 Å². The number of hydrogen-bond donors (Lipinski definition) is 1. The summed E-state index contributed by atoms with van der Waals surface area (Å²) in [5.74, 6) is 0. The Labute approximate surface area is 180 Å². The van der Waals surface area contributed by atoms with Gasteiger partial charge in [-0.3, -0.25) is 0 Å². The van der Waals surface area contributed by atoms with Crippen molar-refractivity contribution < 1.29 is 69.5 Å². The fourth-order valence-corrected chi connectivity index (χ4v) is 3.35. The zero-order chi connectivity index (χ0) is 16.2. The van der Waals surface area contributed by atoms with Gasteiger partial charge in [0.15, 0.2) is 4.93 Å². The fraction of sp³-hybridized carbons (Fsp3) is 1.00. The summed E-state index contributed by atoms with van der Waals surface area (Å²) < 4.78 is 33.8. The number of hydrogen-bond acceptors (Lipinski definition) is 4. The molecule has 1 unspecified atom stereocenters. The molecule has 0 aromatic rings. The van der Waals surface area contributed by atoms with Crippen LogP contribution in [0.1, 0.15) is 97.3 Å². The van der Waals surface area contributed by atoms with E-state index in [2.05, 4.69) is 6.92 Å². The van der Waals surface area contributed by atoms with Crippen molar-refractivity contribution in [2.45, 2.75) is 102 Å². The Morgan fingerprint density at radius 1 is 0.773 bits per heavy atom. The van der Waals surface area contributed by atoms with E-state index < -0.39 is 15.1 Å². The van der Waals surface area contributed by atoms with Crippen LogP contribution in [0.2, 0.25) is 0 Å². The third-order valence-corrected chi connectivity index (χ3v) is 5.40. The molecule has 0 saturated heterocycles. The SMILES string of the molecule is CCCCCCCCCCC(O)(CCCCC)S(=O)(=O)[O-].[K+]. The van der Waals surface area contributed by atoms with Gasteiger partial charge in [-0.05, 0) is 25.7 Å². The van der Waals surface area contributed by atoms with E-state index in [9.17, 15) is 18.1 Å². The van der Waals surface area contributed by atoms with Gasteiger partial charge in [-0.15, -0.1) is 0 Å². The second-order valence-corrected chi connectivity index (χ2v) is 7.75. The summed E-state index contributed by atoms with van der Waals surface area (Å²) in [4.78, 5) is -2.05. The number of unbranched alkanes of at least 4 members (excludes halogenated alkanes) is 9. The number of aliphatic hydroxyl groups is 1. The minimum atomic E-state index is -4.64. The van der Waals surface area contributed by atoms with E-state index in [1.807, 2.05) is 6.92 Å². The summed E-state index contributed by atoms with van der Waals surface area (Å²) in [6.07, 6.45) is 11.2. The van der Waals surface area contributed by atoms with Crippen LogP contribution in [0.4, 0.5) is 0 Å². The molecule has 0 aromatic heterocycles. The molecule has 22 heavy (non-hydrogen) atoms. The Bertz CT molecular complexity index is 346. The maximum atomic E-state index is 11.3. The minimum absolute atomic E-state index is 0. The van der Waals surface area contributed by atoms with E-state index in [0.717, 1.165) is 32.1 Å². The van der Waals surface area contributed by atoms with Gasteiger partial charge in [-0.25, -0.2) is 8.42 Å². The van der Waals surface area contributed by atoms with Crippen molar-refractivity contribution >= 4 is 10.1 Å². The number of rotatable bonds is 14. The topological polar surface area (TPSA) is 77.4 Å². The molecule has 4 nitrogen and oxygen atoms in total. The average Bonchev–Trinajstić information content (AvgIpc) is 2.41. The summed E-state index contributed by atoms with van der Waals surface area (Å²) >= 11 is 0. The summed E-state index contributed by atoms with van der Waals surface area (Å²) in [5.41, 5.74) is 0. The molecule has 0 rings (SSSR count). The van der Waals surface area contributed by atoms with Gasteiger partial charge in [0.25, 0.3) is 0 Å². The smallest absolute Gasteiger partial charge is 0.746 e. The molecule has 128 valence electrons. The second-order valence-electron chi connectivity index (χ2n) is 6.08. The van der Waals surface area contributed by atoms with Gasteiger partial charge in [0.1, 0.15) is 10.1 Å². The normalized spacial score (nSPS) is 14.4. The molecule has 0 aliphatic carbocycles. The van der Waals surface area contributed by atoms with Crippen molar-refractivity contribution in [3.05, 3.63) is 0 Å². The first-order valence-electron chi connectivity index (χ1n) is 8.55. The van der Waals surface area contributed by atoms with Gasteiger partial charge in [0.05, 0.1) is 0 Å². The first-order valence-corrected chi connectivity index (χ1v) is 9.96. The van der Waals surface area contributed by atoms with Crippen molar-refractivity contribution in [3.8, 4) is 0 Å². The molecule has 0 radical (unpaired) electrons. The third-order valence-electron chi connectivity index (χ3n) is 4.06. The summed E-state index contributed by atoms with van der Waals surface area (Å²) in [6.45, 7) is 4.19. The van der Waals surface area contributed by atoms with Crippen LogP contribution in [0.15, 0.2) is 0 Å². The van der Waals surface area contributed by atoms with Crippen LogP contribution < -0.4 is 51.4 Å². The largest absolute Gasteiger partial charge is 1.00 e. The maximum absolute atomic E-state index is 11.3. The monoisotopic (exact) mass is 360 g/mol. The van der Waals surface area contributed by atoms with Crippen LogP contribution in [-0.2, 0) is 10.1 Å². The Kier molecular flexibility index (Phi) is 17.3. The summed E-state index contributed by atoms with van der Waals surface area (Å²) in [7, 11) is -4.64. The van der Waals surface area contributed by atoms with Crippen LogP contribution >= 0.6 is 0 Å². The van der Waals surface area contributed by atoms with Gasteiger partial charge in [0, 0.05) is 0 Å². The van der Waals surface area contributed by atoms with E-state index in [-0.39, 0.29) is 64.2 Å². The summed E-state index contributed by atoms with van der Waals surface area (Å²) in [6, 6.07) is 0. The molecule has 0 fully saturated rings. The molecule has 0 bridgehead atoms. The van der Waals surface area contributed by atoms with Crippen LogP contribution in [-0.4, -0.2) is 23.0 Å². The zero-order valence-electron chi connectivity index (χ0n) is 14.8. The predicted molar refractivity (Wildman–Crippen MR) is 86.0 cm³/mol. The van der Waals surface area contributed by atoms with Crippen LogP contribution in [0.3, 0.4) is 0 Å². The fourth-order valence-electron chi connectivity index (χ4n) is 2.56. The predicted octanol–water partition coefficient (Wildman–Crippen LogP) is 1.34. The standard InChI is InChI=1S/C16H34O4S.K/c1-3-5-7-8-9-10-11-13-15-16(17,21(18,19)20)14-12-6-4-2;/h17H,3-15H2,1-2H3,(H,18,19,20);/q;+1/p-1. The molecule has 1 N–H and O–H groups in total. The van der Waals surface area contributed by atoms with Gasteiger partial charge in [0.2, 0.25) is 0 Å². The Morgan fingerprint density at radius 2 is 1.09 bits per heavy atom. The molecule has 0 spiro atoms. The van der Waals surface area contributed by atoms with Crippen molar-refractivity contribution in [3.63, 3.8) is 0 Å². The first-order chi connectivity index (χ1) is 9.87. The van der Waals surface area contributed by atoms with Crippen LogP contribution in [0, 0.1) is 0 Å². The third kappa shape index (κ3) is 12.0. The van der Waals surface area contributed by atoms with Gasteiger partial charge >= 0.3 is 51.4 Å². The molecule has 0 aliphatic rings. The summed E-state index contributed by atoms with van der Waals surface area (Å²) in [5, 5.41) is 10.1. The molecule has 0 aliphatic heterocycles. The first kappa shape index (κ1) is 25.7. The molecule has 6 heteroatoms. The average molecular weight is 361 g/mol. The van der Waals surface area contributed by atoms with Gasteiger partial charge < -0.3 is 9.66 Å². The van der Waals surface area contributed by atoms with E-state index in [1.54, 1.807) is 0 Å². The Hall–Kier alpha value is 1.51. The van der Waals surface area contributed by atoms with Gasteiger partial charge in [-0.1, -0.05) is 71.6 Å². The van der Waals surface area contributed by atoms with Crippen LogP contribution in [0.5, 0.6) is 0 Å². The van der Waals surface area contributed by atoms with Gasteiger partial charge in [-0.2, -0.15) is 0 Å². The van der Waals surface area contributed by atoms with Crippen molar-refractivity contribution in [2.75, 3.05) is 0 Å². The minimum Gasteiger partial charge on any atom is -0.746 e. The van der Waals surface area contributed by atoms with E-state index in [4.69, 9.17) is 0 Å². The van der Waals surface area contributed by atoms with Crippen molar-refractivity contribution in [1.29, 1.82) is 0 Å². The zero-order valence-corrected chi connectivity index (χ0v) is 18.7. The second kappa shape index (κ2) is 14.8. The quantitative estimate of drug-likeness (QED) is 0.288. The maximum Gasteiger partial charge on any atom is 1.00 e. The van der Waals surface area contributed by atoms with E-state index in [0.29, 0.717) is 12.8 Å². The molecule has 0 aromatic carbocycles.